The summed E-state index contributed by atoms with van der Waals surface area (Å²) in [7, 11) is 2.05. The fourth-order valence-electron chi connectivity index (χ4n) is 0.691. The predicted molar refractivity (Wildman–Crippen MR) is 38.6 cm³/mol. The van der Waals surface area contributed by atoms with E-state index in [4.69, 9.17) is 0 Å². The first-order valence-electron chi connectivity index (χ1n) is 3.13. The van der Waals surface area contributed by atoms with Gasteiger partial charge in [0.2, 0.25) is 6.34 Å². The van der Waals surface area contributed by atoms with Crippen LogP contribution in [0, 0.1) is 0 Å². The Hall–Kier alpha value is -0.790. The van der Waals surface area contributed by atoms with Gasteiger partial charge < -0.3 is 0 Å². The van der Waals surface area contributed by atoms with Crippen molar-refractivity contribution in [2.24, 2.45) is 0 Å². The zero-order valence-corrected chi connectivity index (χ0v) is 6.18. The molecule has 1 rings (SSSR count). The quantitative estimate of drug-likeness (QED) is 0.467. The second-order valence-electron chi connectivity index (χ2n) is 2.89. The fourth-order valence-corrected chi connectivity index (χ4v) is 0.691. The van der Waals surface area contributed by atoms with Crippen LogP contribution in [0.5, 0.6) is 0 Å². The van der Waals surface area contributed by atoms with Crippen LogP contribution in [0.15, 0.2) is 12.3 Å². The summed E-state index contributed by atoms with van der Waals surface area (Å²) in [6.45, 7) is 4.34. The normalized spacial score (nSPS) is 22.8. The van der Waals surface area contributed by atoms with Crippen molar-refractivity contribution >= 4 is 6.34 Å². The standard InChI is InChI=1S/C7H12N2/c1-7(2)4-5-8-6-9(7)3/h4-6H,1-3H3/p+1. The van der Waals surface area contributed by atoms with Crippen molar-refractivity contribution in [3.8, 4) is 0 Å². The maximum atomic E-state index is 3.01. The molecule has 9 heavy (non-hydrogen) atoms. The molecule has 0 aromatic rings. The van der Waals surface area contributed by atoms with E-state index in [0.717, 1.165) is 0 Å². The van der Waals surface area contributed by atoms with E-state index in [1.165, 1.54) is 0 Å². The molecule has 2 nitrogen and oxygen atoms in total. The van der Waals surface area contributed by atoms with Crippen molar-refractivity contribution < 1.29 is 4.58 Å². The van der Waals surface area contributed by atoms with Gasteiger partial charge in [-0.25, -0.2) is 0 Å². The predicted octanol–water partition coefficient (Wildman–Crippen LogP) is 0.552. The molecular formula is C7H13N2+. The SMILES string of the molecule is C[N+]1=CNC=CC1(C)C. The average Bonchev–Trinajstić information content (AvgIpc) is 1.77. The van der Waals surface area contributed by atoms with E-state index in [-0.39, 0.29) is 5.54 Å². The second kappa shape index (κ2) is 1.87. The lowest BCUT2D eigenvalue weighted by Gasteiger charge is -2.20. The van der Waals surface area contributed by atoms with Gasteiger partial charge in [-0.05, 0) is 13.8 Å². The summed E-state index contributed by atoms with van der Waals surface area (Å²) in [5, 5.41) is 3.01. The van der Waals surface area contributed by atoms with Crippen LogP contribution < -0.4 is 5.32 Å². The van der Waals surface area contributed by atoms with Crippen LogP contribution in [-0.4, -0.2) is 23.5 Å². The van der Waals surface area contributed by atoms with Gasteiger partial charge in [-0.1, -0.05) is 0 Å². The molecule has 0 aliphatic carbocycles. The lowest BCUT2D eigenvalue weighted by atomic mass is 10.1. The molecule has 0 aromatic heterocycles. The third-order valence-electron chi connectivity index (χ3n) is 1.76. The van der Waals surface area contributed by atoms with E-state index in [1.54, 1.807) is 0 Å². The van der Waals surface area contributed by atoms with Gasteiger partial charge in [0.15, 0.2) is 0 Å². The van der Waals surface area contributed by atoms with Crippen LogP contribution in [0.1, 0.15) is 13.8 Å². The maximum Gasteiger partial charge on any atom is 0.237 e. The highest BCUT2D eigenvalue weighted by atomic mass is 15.1. The number of likely N-dealkylation sites (N-methyl/N-ethyl adjacent to an activating group) is 1. The number of rotatable bonds is 0. The van der Waals surface area contributed by atoms with Gasteiger partial charge in [0.1, 0.15) is 5.54 Å². The highest BCUT2D eigenvalue weighted by molar-refractivity contribution is 5.51. The molecular weight excluding hydrogens is 112 g/mol. The van der Waals surface area contributed by atoms with E-state index in [0.29, 0.717) is 0 Å². The molecule has 1 aliphatic rings. The van der Waals surface area contributed by atoms with Crippen LogP contribution >= 0.6 is 0 Å². The van der Waals surface area contributed by atoms with Gasteiger partial charge in [0.05, 0.1) is 13.2 Å². The van der Waals surface area contributed by atoms with Crippen LogP contribution in [-0.2, 0) is 0 Å². The maximum absolute atomic E-state index is 3.01. The molecule has 1 heterocycles. The van der Waals surface area contributed by atoms with Crippen LogP contribution in [0.25, 0.3) is 0 Å². The largest absolute Gasteiger partial charge is 0.262 e. The van der Waals surface area contributed by atoms with Crippen molar-refractivity contribution in [3.63, 3.8) is 0 Å². The molecule has 0 amide bonds. The molecule has 0 unspecified atom stereocenters. The lowest BCUT2D eigenvalue weighted by Crippen LogP contribution is -2.38. The summed E-state index contributed by atoms with van der Waals surface area (Å²) in [5.41, 5.74) is 0.172. The van der Waals surface area contributed by atoms with E-state index in [1.807, 2.05) is 12.5 Å². The van der Waals surface area contributed by atoms with Crippen LogP contribution in [0.4, 0.5) is 0 Å². The van der Waals surface area contributed by atoms with Crippen molar-refractivity contribution in [1.29, 1.82) is 0 Å². The van der Waals surface area contributed by atoms with Gasteiger partial charge in [0, 0.05) is 6.08 Å². The molecule has 0 atom stereocenters. The highest BCUT2D eigenvalue weighted by Gasteiger charge is 2.21. The Morgan fingerprint density at radius 1 is 1.44 bits per heavy atom. The van der Waals surface area contributed by atoms with E-state index >= 15 is 0 Å². The van der Waals surface area contributed by atoms with E-state index in [2.05, 4.69) is 36.9 Å². The van der Waals surface area contributed by atoms with Crippen molar-refractivity contribution in [3.05, 3.63) is 12.3 Å². The van der Waals surface area contributed by atoms with Gasteiger partial charge in [-0.2, -0.15) is 0 Å². The molecule has 2 heteroatoms. The van der Waals surface area contributed by atoms with E-state index in [9.17, 15) is 0 Å². The first-order valence-corrected chi connectivity index (χ1v) is 3.13. The zero-order chi connectivity index (χ0) is 6.91. The molecule has 1 aliphatic heterocycles. The second-order valence-corrected chi connectivity index (χ2v) is 2.89. The zero-order valence-electron chi connectivity index (χ0n) is 6.18. The van der Waals surface area contributed by atoms with Crippen LogP contribution in [0.3, 0.4) is 0 Å². The van der Waals surface area contributed by atoms with Gasteiger partial charge >= 0.3 is 0 Å². The summed E-state index contributed by atoms with van der Waals surface area (Å²) in [6, 6.07) is 0. The Kier molecular flexibility index (Phi) is 1.31. The molecule has 0 aromatic carbocycles. The minimum Gasteiger partial charge on any atom is -0.262 e. The summed E-state index contributed by atoms with van der Waals surface area (Å²) in [6.07, 6.45) is 6.05. The molecule has 0 fully saturated rings. The highest BCUT2D eigenvalue weighted by Crippen LogP contribution is 2.09. The van der Waals surface area contributed by atoms with Gasteiger partial charge in [0.25, 0.3) is 0 Å². The average molecular weight is 125 g/mol. The number of nitrogens with one attached hydrogen (secondary N) is 1. The van der Waals surface area contributed by atoms with Crippen molar-refractivity contribution in [2.75, 3.05) is 7.05 Å². The summed E-state index contributed by atoms with van der Waals surface area (Å²) < 4.78 is 2.13. The first-order chi connectivity index (χ1) is 4.13. The van der Waals surface area contributed by atoms with Gasteiger partial charge in [-0.15, -0.1) is 0 Å². The smallest absolute Gasteiger partial charge is 0.237 e. The summed E-state index contributed by atoms with van der Waals surface area (Å²) in [4.78, 5) is 0. The number of hydrogen-bond acceptors (Lipinski definition) is 1. The fraction of sp³-hybridized carbons (Fsp3) is 0.571. The molecule has 0 radical (unpaired) electrons. The topological polar surface area (TPSA) is 15.0 Å². The summed E-state index contributed by atoms with van der Waals surface area (Å²) >= 11 is 0. The first kappa shape index (κ1) is 6.33. The van der Waals surface area contributed by atoms with Gasteiger partial charge in [-0.3, -0.25) is 9.89 Å². The molecule has 0 bridgehead atoms. The third kappa shape index (κ3) is 1.12. The molecule has 50 valence electrons. The monoisotopic (exact) mass is 125 g/mol. The number of nitrogens with zero attached hydrogens (tertiary/aromatic N) is 1. The van der Waals surface area contributed by atoms with Crippen LogP contribution in [0.2, 0.25) is 0 Å². The lowest BCUT2D eigenvalue weighted by molar-refractivity contribution is -0.559. The Morgan fingerprint density at radius 2 is 2.11 bits per heavy atom. The number of hydrogen-bond donors (Lipinski definition) is 1. The molecule has 0 saturated carbocycles. The Bertz CT molecular complexity index is 166. The molecule has 0 saturated heterocycles. The third-order valence-corrected chi connectivity index (χ3v) is 1.76. The summed E-state index contributed by atoms with van der Waals surface area (Å²) in [5.74, 6) is 0. The Labute approximate surface area is 55.9 Å². The van der Waals surface area contributed by atoms with E-state index < -0.39 is 0 Å². The minimum absolute atomic E-state index is 0.172. The molecule has 1 N–H and O–H groups in total. The van der Waals surface area contributed by atoms with Crippen molar-refractivity contribution in [1.82, 2.24) is 5.32 Å². The Balaban J connectivity index is 2.83. The Morgan fingerprint density at radius 3 is 2.44 bits per heavy atom. The molecule has 0 spiro atoms. The van der Waals surface area contributed by atoms with Crippen molar-refractivity contribution in [2.45, 2.75) is 19.4 Å². The minimum atomic E-state index is 0.172.